The van der Waals surface area contributed by atoms with Gasteiger partial charge in [0.1, 0.15) is 16.8 Å². The van der Waals surface area contributed by atoms with Crippen LogP contribution in [0.2, 0.25) is 0 Å². The lowest BCUT2D eigenvalue weighted by molar-refractivity contribution is 0.975. The average molecular weight is 422 g/mol. The molecule has 3 rings (SSSR count). The van der Waals surface area contributed by atoms with Gasteiger partial charge in [-0.3, -0.25) is 9.36 Å². The third-order valence-corrected chi connectivity index (χ3v) is 5.62. The molecule has 0 unspecified atom stereocenters. The number of hydrogen-bond donors (Lipinski definition) is 0. The molecule has 0 N–H and O–H groups in total. The highest BCUT2D eigenvalue weighted by atomic mass is 79.9. The number of hydrogen-bond acceptors (Lipinski definition) is 4. The number of para-hydroxylation sites is 1. The van der Waals surface area contributed by atoms with Gasteiger partial charge in [-0.05, 0) is 36.3 Å². The van der Waals surface area contributed by atoms with Gasteiger partial charge in [0.2, 0.25) is 0 Å². The fourth-order valence-corrected chi connectivity index (χ4v) is 3.97. The first kappa shape index (κ1) is 17.9. The van der Waals surface area contributed by atoms with E-state index in [0.29, 0.717) is 14.9 Å². The quantitative estimate of drug-likeness (QED) is 0.638. The van der Waals surface area contributed by atoms with E-state index in [1.807, 2.05) is 67.6 Å². The molecule has 0 bridgehead atoms. The zero-order chi connectivity index (χ0) is 18.7. The van der Waals surface area contributed by atoms with Gasteiger partial charge in [0.25, 0.3) is 5.56 Å². The van der Waals surface area contributed by atoms with Crippen molar-refractivity contribution in [1.82, 2.24) is 4.57 Å². The summed E-state index contributed by atoms with van der Waals surface area (Å²) in [5.41, 5.74) is 2.07. The number of rotatable bonds is 2. The first-order chi connectivity index (χ1) is 12.6. The Hall–Kier alpha value is -2.93. The Kier molecular flexibility index (Phi) is 5.18. The van der Waals surface area contributed by atoms with Crippen LogP contribution in [0, 0.1) is 29.6 Å². The maximum Gasteiger partial charge on any atom is 0.273 e. The summed E-state index contributed by atoms with van der Waals surface area (Å²) in [6, 6.07) is 18.7. The maximum atomic E-state index is 13.1. The van der Waals surface area contributed by atoms with Crippen LogP contribution in [-0.4, -0.2) is 4.57 Å². The summed E-state index contributed by atoms with van der Waals surface area (Å²) in [6.45, 7) is 1.89. The average Bonchev–Trinajstić information content (AvgIpc) is 2.95. The van der Waals surface area contributed by atoms with Gasteiger partial charge in [-0.15, -0.1) is 11.3 Å². The minimum atomic E-state index is -0.252. The van der Waals surface area contributed by atoms with Gasteiger partial charge in [-0.2, -0.15) is 10.5 Å². The predicted octanol–water partition coefficient (Wildman–Crippen LogP) is 3.00. The Morgan fingerprint density at radius 2 is 1.77 bits per heavy atom. The van der Waals surface area contributed by atoms with Gasteiger partial charge in [0.15, 0.2) is 5.57 Å². The Labute approximate surface area is 162 Å². The molecule has 0 radical (unpaired) electrons. The predicted molar refractivity (Wildman–Crippen MR) is 106 cm³/mol. The Balaban J connectivity index is 2.46. The van der Waals surface area contributed by atoms with Crippen molar-refractivity contribution in [3.8, 4) is 17.8 Å². The lowest BCUT2D eigenvalue weighted by Crippen LogP contribution is -2.31. The standard InChI is InChI=1S/C20H12BrN3OS/c1-13-6-2-5-9-17(13)24-19(25)18(26-20(24)15(11-22)12-23)10-14-7-3-4-8-16(14)21/h2-10H,1H3. The molecule has 0 aliphatic carbocycles. The lowest BCUT2D eigenvalue weighted by atomic mass is 10.2. The minimum Gasteiger partial charge on any atom is -0.267 e. The van der Waals surface area contributed by atoms with E-state index in [1.54, 1.807) is 6.08 Å². The Bertz CT molecular complexity index is 1240. The maximum absolute atomic E-state index is 13.1. The van der Waals surface area contributed by atoms with Gasteiger partial charge in [0, 0.05) is 4.47 Å². The number of thiazole rings is 1. The van der Waals surface area contributed by atoms with Crippen LogP contribution in [0.25, 0.3) is 17.3 Å². The molecule has 1 heterocycles. The fourth-order valence-electron chi connectivity index (χ4n) is 2.54. The van der Waals surface area contributed by atoms with Crippen LogP contribution < -0.4 is 14.8 Å². The Morgan fingerprint density at radius 3 is 2.42 bits per heavy atom. The van der Waals surface area contributed by atoms with Crippen molar-refractivity contribution in [2.24, 2.45) is 0 Å². The number of nitriles is 2. The normalized spacial score (nSPS) is 11.0. The van der Waals surface area contributed by atoms with E-state index in [4.69, 9.17) is 0 Å². The molecule has 0 atom stereocenters. The SMILES string of the molecule is Cc1ccccc1-n1c(=C(C#N)C#N)sc(=Cc2ccccc2Br)c1=O. The number of nitrogens with zero attached hydrogens (tertiary/aromatic N) is 3. The van der Waals surface area contributed by atoms with Gasteiger partial charge < -0.3 is 0 Å². The highest BCUT2D eigenvalue weighted by Gasteiger charge is 2.12. The number of benzene rings is 2. The molecule has 26 heavy (non-hydrogen) atoms. The first-order valence-electron chi connectivity index (χ1n) is 7.65. The van der Waals surface area contributed by atoms with Crippen LogP contribution in [0.5, 0.6) is 0 Å². The molecular formula is C20H12BrN3OS. The first-order valence-corrected chi connectivity index (χ1v) is 9.26. The molecule has 0 saturated heterocycles. The van der Waals surface area contributed by atoms with Crippen molar-refractivity contribution >= 4 is 38.9 Å². The largest absolute Gasteiger partial charge is 0.273 e. The monoisotopic (exact) mass is 421 g/mol. The third-order valence-electron chi connectivity index (χ3n) is 3.81. The molecule has 1 aromatic heterocycles. The zero-order valence-electron chi connectivity index (χ0n) is 13.7. The van der Waals surface area contributed by atoms with Crippen LogP contribution in [0.4, 0.5) is 0 Å². The van der Waals surface area contributed by atoms with E-state index in [-0.39, 0.29) is 11.1 Å². The molecule has 126 valence electrons. The van der Waals surface area contributed by atoms with Crippen molar-refractivity contribution in [3.05, 3.63) is 83.7 Å². The molecule has 0 saturated carbocycles. The van der Waals surface area contributed by atoms with Gasteiger partial charge in [-0.25, -0.2) is 0 Å². The topological polar surface area (TPSA) is 69.6 Å². The summed E-state index contributed by atoms with van der Waals surface area (Å²) in [4.78, 5) is 13.1. The van der Waals surface area contributed by atoms with Crippen LogP contribution in [0.15, 0.2) is 57.8 Å². The molecule has 6 heteroatoms. The number of halogens is 1. The molecule has 3 aromatic rings. The summed E-state index contributed by atoms with van der Waals surface area (Å²) >= 11 is 4.61. The summed E-state index contributed by atoms with van der Waals surface area (Å²) < 4.78 is 3.11. The van der Waals surface area contributed by atoms with Crippen molar-refractivity contribution < 1.29 is 0 Å². The minimum absolute atomic E-state index is 0.0814. The van der Waals surface area contributed by atoms with Gasteiger partial charge >= 0.3 is 0 Å². The lowest BCUT2D eigenvalue weighted by Gasteiger charge is -2.05. The summed E-state index contributed by atoms with van der Waals surface area (Å²) in [6.07, 6.45) is 1.77. The summed E-state index contributed by atoms with van der Waals surface area (Å²) in [5.74, 6) is 0. The highest BCUT2D eigenvalue weighted by molar-refractivity contribution is 9.10. The van der Waals surface area contributed by atoms with Gasteiger partial charge in [0.05, 0.1) is 10.2 Å². The van der Waals surface area contributed by atoms with Crippen LogP contribution >= 0.6 is 27.3 Å². The van der Waals surface area contributed by atoms with E-state index in [2.05, 4.69) is 15.9 Å². The second-order valence-electron chi connectivity index (χ2n) is 5.46. The van der Waals surface area contributed by atoms with Crippen molar-refractivity contribution in [1.29, 1.82) is 10.5 Å². The van der Waals surface area contributed by atoms with E-state index in [9.17, 15) is 15.3 Å². The molecule has 0 spiro atoms. The smallest absolute Gasteiger partial charge is 0.267 e. The number of aryl methyl sites for hydroxylation is 1. The molecule has 0 fully saturated rings. The molecule has 4 nitrogen and oxygen atoms in total. The Morgan fingerprint density at radius 1 is 1.12 bits per heavy atom. The van der Waals surface area contributed by atoms with E-state index in [1.165, 1.54) is 4.57 Å². The van der Waals surface area contributed by atoms with Crippen LogP contribution in [0.1, 0.15) is 11.1 Å². The van der Waals surface area contributed by atoms with E-state index < -0.39 is 0 Å². The van der Waals surface area contributed by atoms with E-state index in [0.717, 1.165) is 26.9 Å². The third kappa shape index (κ3) is 3.25. The molecule has 0 aliphatic rings. The fraction of sp³-hybridized carbons (Fsp3) is 0.0500. The van der Waals surface area contributed by atoms with Crippen molar-refractivity contribution in [3.63, 3.8) is 0 Å². The summed E-state index contributed by atoms with van der Waals surface area (Å²) in [5, 5.41) is 18.6. The van der Waals surface area contributed by atoms with Crippen LogP contribution in [0.3, 0.4) is 0 Å². The highest BCUT2D eigenvalue weighted by Crippen LogP contribution is 2.16. The van der Waals surface area contributed by atoms with E-state index >= 15 is 0 Å². The molecule has 0 aliphatic heterocycles. The summed E-state index contributed by atoms with van der Waals surface area (Å²) in [7, 11) is 0. The molecule has 2 aromatic carbocycles. The molecule has 0 amide bonds. The van der Waals surface area contributed by atoms with Crippen LogP contribution in [-0.2, 0) is 0 Å². The van der Waals surface area contributed by atoms with Gasteiger partial charge in [-0.1, -0.05) is 52.3 Å². The number of aromatic nitrogens is 1. The second kappa shape index (κ2) is 7.53. The molecular weight excluding hydrogens is 410 g/mol. The van der Waals surface area contributed by atoms with Crippen molar-refractivity contribution in [2.45, 2.75) is 6.92 Å². The van der Waals surface area contributed by atoms with Crippen molar-refractivity contribution in [2.75, 3.05) is 0 Å². The second-order valence-corrected chi connectivity index (χ2v) is 7.35. The zero-order valence-corrected chi connectivity index (χ0v) is 16.1.